The summed E-state index contributed by atoms with van der Waals surface area (Å²) in [6.07, 6.45) is 14.7. The van der Waals surface area contributed by atoms with E-state index in [4.69, 9.17) is 0 Å². The van der Waals surface area contributed by atoms with Gasteiger partial charge >= 0.3 is 0 Å². The molecule has 0 saturated heterocycles. The Labute approximate surface area is 184 Å². The lowest BCUT2D eigenvalue weighted by atomic mass is 10.1. The highest BCUT2D eigenvalue weighted by molar-refractivity contribution is 7.61. The van der Waals surface area contributed by atoms with Crippen LogP contribution in [0.25, 0.3) is 0 Å². The van der Waals surface area contributed by atoms with E-state index >= 15 is 0 Å². The van der Waals surface area contributed by atoms with E-state index in [-0.39, 0.29) is 8.22 Å². The van der Waals surface area contributed by atoms with Crippen molar-refractivity contribution >= 4 is 13.5 Å². The molecule has 0 aromatic heterocycles. The molecule has 0 heterocycles. The fraction of sp³-hybridized carbons (Fsp3) is 0.769. The maximum absolute atomic E-state index is 2.80. The van der Waals surface area contributed by atoms with Gasteiger partial charge in [0.1, 0.15) is 0 Å². The molecule has 0 N–H and O–H groups in total. The van der Waals surface area contributed by atoms with Gasteiger partial charge in [0, 0.05) is 31.5 Å². The van der Waals surface area contributed by atoms with Gasteiger partial charge in [-0.3, -0.25) is 9.34 Å². The maximum Gasteiger partial charge on any atom is 0.0724 e. The monoisotopic (exact) mass is 420 g/mol. The lowest BCUT2D eigenvalue weighted by Crippen LogP contribution is -2.35. The molecule has 1 aromatic carbocycles. The van der Waals surface area contributed by atoms with Gasteiger partial charge < -0.3 is 0 Å². The van der Waals surface area contributed by atoms with Crippen molar-refractivity contribution in [3.63, 3.8) is 0 Å². The Kier molecular flexibility index (Phi) is 15.8. The van der Waals surface area contributed by atoms with Crippen LogP contribution < -0.4 is 5.30 Å². The molecule has 0 aliphatic carbocycles. The van der Waals surface area contributed by atoms with E-state index in [0.717, 1.165) is 13.1 Å². The summed E-state index contributed by atoms with van der Waals surface area (Å²) in [5.74, 6) is 0. The number of hydrogen-bond donors (Lipinski definition) is 0. The highest BCUT2D eigenvalue weighted by Gasteiger charge is 2.25. The summed E-state index contributed by atoms with van der Waals surface area (Å²) in [6.45, 7) is 16.3. The largest absolute Gasteiger partial charge is 0.267 e. The molecule has 0 saturated carbocycles. The first-order valence-electron chi connectivity index (χ1n) is 12.6. The molecule has 3 heteroatoms. The van der Waals surface area contributed by atoms with Crippen molar-refractivity contribution in [3.05, 3.63) is 29.8 Å². The molecule has 0 aliphatic rings. The third kappa shape index (κ3) is 10.4. The van der Waals surface area contributed by atoms with Crippen LogP contribution in [0.15, 0.2) is 24.3 Å². The Morgan fingerprint density at radius 2 is 1.10 bits per heavy atom. The van der Waals surface area contributed by atoms with Gasteiger partial charge in [0.25, 0.3) is 0 Å². The minimum atomic E-state index is -0.375. The van der Waals surface area contributed by atoms with Crippen molar-refractivity contribution in [2.45, 2.75) is 105 Å². The Morgan fingerprint density at radius 3 is 1.62 bits per heavy atom. The smallest absolute Gasteiger partial charge is 0.0724 e. The van der Waals surface area contributed by atoms with E-state index < -0.39 is 0 Å². The lowest BCUT2D eigenvalue weighted by Gasteiger charge is -2.39. The van der Waals surface area contributed by atoms with Crippen molar-refractivity contribution in [1.29, 1.82) is 0 Å². The molecule has 0 bridgehead atoms. The Bertz CT molecular complexity index is 476. The van der Waals surface area contributed by atoms with Crippen molar-refractivity contribution in [2.75, 3.05) is 26.2 Å². The van der Waals surface area contributed by atoms with Crippen LogP contribution in [-0.4, -0.2) is 35.5 Å². The van der Waals surface area contributed by atoms with Gasteiger partial charge in [0.2, 0.25) is 0 Å². The molecule has 29 heavy (non-hydrogen) atoms. The molecule has 1 unspecified atom stereocenters. The summed E-state index contributed by atoms with van der Waals surface area (Å²) in [7, 11) is -0.375. The van der Waals surface area contributed by atoms with E-state index in [9.17, 15) is 0 Å². The van der Waals surface area contributed by atoms with Crippen LogP contribution in [0.5, 0.6) is 0 Å². The molecule has 1 rings (SSSR count). The van der Waals surface area contributed by atoms with Crippen LogP contribution >= 0.6 is 8.22 Å². The Balaban J connectivity index is 2.81. The number of nitrogens with zero attached hydrogens (tertiary/aromatic N) is 2. The molecular formula is C26H49N2P. The summed E-state index contributed by atoms with van der Waals surface area (Å²) in [6, 6.07) is 9.72. The van der Waals surface area contributed by atoms with Crippen molar-refractivity contribution in [3.8, 4) is 0 Å². The van der Waals surface area contributed by atoms with E-state index in [2.05, 4.69) is 68.2 Å². The zero-order chi connectivity index (χ0) is 21.3. The second kappa shape index (κ2) is 17.3. The number of rotatable bonds is 18. The standard InChI is InChI=1S/C26H49N2P/c1-6-11-14-15-16-17-18-25-19-21-26(22-20-25)29(27(9-4)10-5)28(23-12-7-2)24-13-8-3/h19-22H,6-18,23-24H2,1-5H3. The number of unbranched alkanes of at least 4 members (excludes halogenated alkanes) is 7. The summed E-state index contributed by atoms with van der Waals surface area (Å²) in [5.41, 5.74) is 1.52. The maximum atomic E-state index is 2.80. The van der Waals surface area contributed by atoms with Gasteiger partial charge in [-0.25, -0.2) is 0 Å². The third-order valence-corrected chi connectivity index (χ3v) is 8.59. The van der Waals surface area contributed by atoms with Gasteiger partial charge in [0.05, 0.1) is 8.22 Å². The van der Waals surface area contributed by atoms with Crippen LogP contribution in [0, 0.1) is 0 Å². The van der Waals surface area contributed by atoms with Crippen molar-refractivity contribution in [1.82, 2.24) is 9.34 Å². The SMILES string of the molecule is CCCCCCCCc1ccc(P(N(CC)CC)N(CCCC)CCCC)cc1. The van der Waals surface area contributed by atoms with Gasteiger partial charge in [-0.15, -0.1) is 0 Å². The second-order valence-electron chi connectivity index (χ2n) is 8.27. The average Bonchev–Trinajstić information content (AvgIpc) is 2.75. The first-order valence-corrected chi connectivity index (χ1v) is 13.8. The molecule has 0 radical (unpaired) electrons. The first-order chi connectivity index (χ1) is 14.2. The van der Waals surface area contributed by atoms with Crippen molar-refractivity contribution in [2.24, 2.45) is 0 Å². The zero-order valence-corrected chi connectivity index (χ0v) is 21.2. The molecule has 0 fully saturated rings. The number of benzene rings is 1. The van der Waals surface area contributed by atoms with Crippen LogP contribution in [0.4, 0.5) is 0 Å². The molecule has 1 atom stereocenters. The number of hydrogen-bond acceptors (Lipinski definition) is 2. The summed E-state index contributed by atoms with van der Waals surface area (Å²) < 4.78 is 5.50. The Morgan fingerprint density at radius 1 is 0.586 bits per heavy atom. The predicted molar refractivity (Wildman–Crippen MR) is 134 cm³/mol. The van der Waals surface area contributed by atoms with Gasteiger partial charge in [-0.05, 0) is 31.2 Å². The molecule has 1 aromatic rings. The third-order valence-electron chi connectivity index (χ3n) is 5.79. The first kappa shape index (κ1) is 26.6. The molecule has 0 spiro atoms. The molecule has 0 amide bonds. The fourth-order valence-electron chi connectivity index (χ4n) is 3.88. The minimum Gasteiger partial charge on any atom is -0.267 e. The van der Waals surface area contributed by atoms with E-state index in [1.807, 2.05) is 0 Å². The van der Waals surface area contributed by atoms with Gasteiger partial charge in [-0.1, -0.05) is 104 Å². The molecule has 2 nitrogen and oxygen atoms in total. The predicted octanol–water partition coefficient (Wildman–Crippen LogP) is 7.77. The highest BCUT2D eigenvalue weighted by Crippen LogP contribution is 2.43. The van der Waals surface area contributed by atoms with Gasteiger partial charge in [0.15, 0.2) is 0 Å². The normalized spacial score (nSPS) is 12.8. The van der Waals surface area contributed by atoms with Crippen LogP contribution in [0.2, 0.25) is 0 Å². The summed E-state index contributed by atoms with van der Waals surface area (Å²) in [5, 5.41) is 1.54. The summed E-state index contributed by atoms with van der Waals surface area (Å²) in [4.78, 5) is 0. The zero-order valence-electron chi connectivity index (χ0n) is 20.3. The van der Waals surface area contributed by atoms with Crippen molar-refractivity contribution < 1.29 is 0 Å². The minimum absolute atomic E-state index is 0.375. The average molecular weight is 421 g/mol. The van der Waals surface area contributed by atoms with Gasteiger partial charge in [-0.2, -0.15) is 0 Å². The second-order valence-corrected chi connectivity index (χ2v) is 10.5. The summed E-state index contributed by atoms with van der Waals surface area (Å²) >= 11 is 0. The molecular weight excluding hydrogens is 371 g/mol. The van der Waals surface area contributed by atoms with E-state index in [1.165, 1.54) is 89.3 Å². The van der Waals surface area contributed by atoms with Crippen LogP contribution in [-0.2, 0) is 6.42 Å². The lowest BCUT2D eigenvalue weighted by molar-refractivity contribution is 0.390. The quantitative estimate of drug-likeness (QED) is 0.177. The Hall–Kier alpha value is -0.430. The van der Waals surface area contributed by atoms with E-state index in [0.29, 0.717) is 0 Å². The van der Waals surface area contributed by atoms with Crippen LogP contribution in [0.3, 0.4) is 0 Å². The highest BCUT2D eigenvalue weighted by atomic mass is 31.1. The molecule has 0 aliphatic heterocycles. The molecule has 168 valence electrons. The van der Waals surface area contributed by atoms with Crippen LogP contribution in [0.1, 0.15) is 104 Å². The number of aryl methyl sites for hydroxylation is 1. The fourth-order valence-corrected chi connectivity index (χ4v) is 6.51. The topological polar surface area (TPSA) is 6.48 Å². The van der Waals surface area contributed by atoms with E-state index in [1.54, 1.807) is 5.30 Å².